The molecule has 0 fully saturated rings. The molecule has 0 aliphatic rings. The monoisotopic (exact) mass is 240 g/mol. The molecule has 6 nitrogen and oxygen atoms in total. The number of fused-ring (bicyclic) bond motifs is 1. The average Bonchev–Trinajstić information content (AvgIpc) is 2.87. The van der Waals surface area contributed by atoms with E-state index in [1.807, 2.05) is 25.1 Å². The normalized spacial score (nSPS) is 10.7. The lowest BCUT2D eigenvalue weighted by Gasteiger charge is -2.05. The van der Waals surface area contributed by atoms with Gasteiger partial charge < -0.3 is 5.32 Å². The second-order valence-electron chi connectivity index (χ2n) is 3.77. The molecule has 3 rings (SSSR count). The highest BCUT2D eigenvalue weighted by atomic mass is 15.2. The number of anilines is 1. The first-order valence-electron chi connectivity index (χ1n) is 5.75. The van der Waals surface area contributed by atoms with Crippen molar-refractivity contribution in [2.75, 3.05) is 11.9 Å². The molecule has 3 heterocycles. The van der Waals surface area contributed by atoms with Crippen molar-refractivity contribution < 1.29 is 0 Å². The fourth-order valence-corrected chi connectivity index (χ4v) is 1.77. The molecular formula is C12H12N6. The van der Waals surface area contributed by atoms with Crippen molar-refractivity contribution in [2.45, 2.75) is 6.92 Å². The smallest absolute Gasteiger partial charge is 0.225 e. The molecule has 3 aromatic rings. The summed E-state index contributed by atoms with van der Waals surface area (Å²) in [5, 5.41) is 10.8. The molecule has 18 heavy (non-hydrogen) atoms. The van der Waals surface area contributed by atoms with Crippen LogP contribution in [0.4, 0.5) is 5.95 Å². The number of hydrogen-bond acceptors (Lipinski definition) is 5. The van der Waals surface area contributed by atoms with Crippen LogP contribution in [0.2, 0.25) is 0 Å². The van der Waals surface area contributed by atoms with E-state index in [2.05, 4.69) is 30.5 Å². The van der Waals surface area contributed by atoms with Gasteiger partial charge in [-0.3, -0.25) is 10.1 Å². The van der Waals surface area contributed by atoms with E-state index >= 15 is 0 Å². The van der Waals surface area contributed by atoms with Crippen molar-refractivity contribution in [1.29, 1.82) is 0 Å². The van der Waals surface area contributed by atoms with Crippen LogP contribution in [0, 0.1) is 0 Å². The number of nitrogens with zero attached hydrogens (tertiary/aromatic N) is 4. The summed E-state index contributed by atoms with van der Waals surface area (Å²) < 4.78 is 0. The summed E-state index contributed by atoms with van der Waals surface area (Å²) in [5.41, 5.74) is 2.30. The van der Waals surface area contributed by atoms with Crippen LogP contribution >= 0.6 is 0 Å². The molecule has 0 saturated heterocycles. The second kappa shape index (κ2) is 4.40. The quantitative estimate of drug-likeness (QED) is 0.730. The maximum Gasteiger partial charge on any atom is 0.225 e. The van der Waals surface area contributed by atoms with Crippen LogP contribution in [0.15, 0.2) is 30.6 Å². The predicted molar refractivity (Wildman–Crippen MR) is 69.1 cm³/mol. The maximum atomic E-state index is 4.49. The zero-order valence-electron chi connectivity index (χ0n) is 9.88. The fourth-order valence-electron chi connectivity index (χ4n) is 1.77. The third-order valence-electron chi connectivity index (χ3n) is 2.55. The molecule has 0 radical (unpaired) electrons. The van der Waals surface area contributed by atoms with Gasteiger partial charge in [-0.25, -0.2) is 4.98 Å². The Morgan fingerprint density at radius 3 is 3.00 bits per heavy atom. The van der Waals surface area contributed by atoms with Crippen LogP contribution in [0.5, 0.6) is 0 Å². The van der Waals surface area contributed by atoms with E-state index in [0.717, 1.165) is 23.3 Å². The molecule has 0 saturated carbocycles. The Hall–Kier alpha value is -2.50. The average molecular weight is 240 g/mol. The van der Waals surface area contributed by atoms with Crippen LogP contribution in [0.3, 0.4) is 0 Å². The van der Waals surface area contributed by atoms with Gasteiger partial charge in [0.25, 0.3) is 0 Å². The summed E-state index contributed by atoms with van der Waals surface area (Å²) in [5.74, 6) is 0.579. The lowest BCUT2D eigenvalue weighted by atomic mass is 10.2. The van der Waals surface area contributed by atoms with Gasteiger partial charge in [-0.2, -0.15) is 10.1 Å². The number of pyridine rings is 1. The van der Waals surface area contributed by atoms with Gasteiger partial charge in [0.2, 0.25) is 5.95 Å². The number of aromatic amines is 1. The van der Waals surface area contributed by atoms with E-state index in [1.165, 1.54) is 0 Å². The molecule has 0 amide bonds. The zero-order valence-corrected chi connectivity index (χ0v) is 9.88. The van der Waals surface area contributed by atoms with Crippen molar-refractivity contribution in [3.8, 4) is 11.4 Å². The maximum absolute atomic E-state index is 4.49. The van der Waals surface area contributed by atoms with E-state index in [0.29, 0.717) is 11.6 Å². The van der Waals surface area contributed by atoms with Crippen molar-refractivity contribution in [2.24, 2.45) is 0 Å². The molecule has 0 atom stereocenters. The van der Waals surface area contributed by atoms with E-state index in [-0.39, 0.29) is 0 Å². The minimum absolute atomic E-state index is 0.579. The van der Waals surface area contributed by atoms with Gasteiger partial charge >= 0.3 is 0 Å². The first-order chi connectivity index (χ1) is 8.88. The molecule has 2 N–H and O–H groups in total. The summed E-state index contributed by atoms with van der Waals surface area (Å²) in [6.45, 7) is 2.77. The van der Waals surface area contributed by atoms with E-state index in [4.69, 9.17) is 0 Å². The lowest BCUT2D eigenvalue weighted by Crippen LogP contribution is -2.03. The van der Waals surface area contributed by atoms with Gasteiger partial charge in [0.1, 0.15) is 5.69 Å². The zero-order chi connectivity index (χ0) is 12.4. The Morgan fingerprint density at radius 2 is 2.22 bits per heavy atom. The molecule has 0 spiro atoms. The summed E-state index contributed by atoms with van der Waals surface area (Å²) in [6, 6.07) is 5.73. The largest absolute Gasteiger partial charge is 0.354 e. The minimum Gasteiger partial charge on any atom is -0.354 e. The lowest BCUT2D eigenvalue weighted by molar-refractivity contribution is 1.07. The summed E-state index contributed by atoms with van der Waals surface area (Å²) in [7, 11) is 0. The SMILES string of the molecule is CCNc1nc(-c2ccccn2)c2cn[nH]c2n1. The van der Waals surface area contributed by atoms with Crippen LogP contribution in [-0.4, -0.2) is 31.7 Å². The topological polar surface area (TPSA) is 79.4 Å². The van der Waals surface area contributed by atoms with E-state index in [9.17, 15) is 0 Å². The number of nitrogens with one attached hydrogen (secondary N) is 2. The molecule has 0 bridgehead atoms. The van der Waals surface area contributed by atoms with Gasteiger partial charge in [0.15, 0.2) is 5.65 Å². The molecule has 0 aromatic carbocycles. The predicted octanol–water partition coefficient (Wildman–Crippen LogP) is 1.85. The van der Waals surface area contributed by atoms with Gasteiger partial charge in [-0.15, -0.1) is 0 Å². The van der Waals surface area contributed by atoms with Crippen LogP contribution < -0.4 is 5.32 Å². The Labute approximate surface area is 104 Å². The van der Waals surface area contributed by atoms with Gasteiger partial charge in [-0.05, 0) is 19.1 Å². The highest BCUT2D eigenvalue weighted by Gasteiger charge is 2.11. The van der Waals surface area contributed by atoms with Crippen LogP contribution in [0.1, 0.15) is 6.92 Å². The summed E-state index contributed by atoms with van der Waals surface area (Å²) >= 11 is 0. The number of H-pyrrole nitrogens is 1. The van der Waals surface area contributed by atoms with Crippen molar-refractivity contribution in [1.82, 2.24) is 25.1 Å². The Bertz CT molecular complexity index is 661. The van der Waals surface area contributed by atoms with Crippen LogP contribution in [-0.2, 0) is 0 Å². The molecule has 0 unspecified atom stereocenters. The summed E-state index contributed by atoms with van der Waals surface area (Å²) in [6.07, 6.45) is 3.46. The molecule has 0 aliphatic carbocycles. The number of rotatable bonds is 3. The third kappa shape index (κ3) is 1.77. The first kappa shape index (κ1) is 10.6. The summed E-state index contributed by atoms with van der Waals surface area (Å²) in [4.78, 5) is 13.2. The molecular weight excluding hydrogens is 228 g/mol. The van der Waals surface area contributed by atoms with Crippen molar-refractivity contribution in [3.05, 3.63) is 30.6 Å². The van der Waals surface area contributed by atoms with E-state index < -0.39 is 0 Å². The Balaban J connectivity index is 2.23. The molecule has 90 valence electrons. The third-order valence-corrected chi connectivity index (χ3v) is 2.55. The standard InChI is InChI=1S/C12H12N6/c1-2-13-12-16-10(9-5-3-4-6-14-9)8-7-15-18-11(8)17-12/h3-7H,2H2,1H3,(H2,13,15,16,17,18). The van der Waals surface area contributed by atoms with Crippen molar-refractivity contribution >= 4 is 17.0 Å². The molecule has 0 aliphatic heterocycles. The number of aromatic nitrogens is 5. The van der Waals surface area contributed by atoms with Gasteiger partial charge in [-0.1, -0.05) is 6.07 Å². The highest BCUT2D eigenvalue weighted by Crippen LogP contribution is 2.24. The number of hydrogen-bond donors (Lipinski definition) is 2. The fraction of sp³-hybridized carbons (Fsp3) is 0.167. The molecule has 3 aromatic heterocycles. The highest BCUT2D eigenvalue weighted by molar-refractivity contribution is 5.89. The van der Waals surface area contributed by atoms with Gasteiger partial charge in [0.05, 0.1) is 17.3 Å². The van der Waals surface area contributed by atoms with Crippen molar-refractivity contribution in [3.63, 3.8) is 0 Å². The van der Waals surface area contributed by atoms with E-state index in [1.54, 1.807) is 12.4 Å². The second-order valence-corrected chi connectivity index (χ2v) is 3.77. The Morgan fingerprint density at radius 1 is 1.28 bits per heavy atom. The van der Waals surface area contributed by atoms with Crippen LogP contribution in [0.25, 0.3) is 22.4 Å². The molecule has 6 heteroatoms. The first-order valence-corrected chi connectivity index (χ1v) is 5.75. The Kier molecular flexibility index (Phi) is 2.60. The van der Waals surface area contributed by atoms with Gasteiger partial charge in [0, 0.05) is 12.7 Å². The minimum atomic E-state index is 0.579.